The molecule has 98 valence electrons. The third-order valence-electron chi connectivity index (χ3n) is 3.12. The van der Waals surface area contributed by atoms with Crippen LogP contribution in [0, 0.1) is 0 Å². The second-order valence-corrected chi connectivity index (χ2v) is 5.34. The number of carbonyl (C=O) groups excluding carboxylic acids is 1. The van der Waals surface area contributed by atoms with Crippen molar-refractivity contribution in [2.24, 2.45) is 0 Å². The lowest BCUT2D eigenvalue weighted by Gasteiger charge is -2.27. The largest absolute Gasteiger partial charge is 0.493 e. The van der Waals surface area contributed by atoms with Crippen LogP contribution in [0.25, 0.3) is 0 Å². The van der Waals surface area contributed by atoms with E-state index in [4.69, 9.17) is 4.74 Å². The number of likely N-dealkylation sites (tertiary alicyclic amines) is 1. The fourth-order valence-corrected chi connectivity index (χ4v) is 2.58. The van der Waals surface area contributed by atoms with Gasteiger partial charge in [-0.25, -0.2) is 0 Å². The van der Waals surface area contributed by atoms with Crippen molar-refractivity contribution in [1.82, 2.24) is 4.90 Å². The van der Waals surface area contributed by atoms with Gasteiger partial charge >= 0.3 is 0 Å². The molecule has 18 heavy (non-hydrogen) atoms. The van der Waals surface area contributed by atoms with Crippen molar-refractivity contribution >= 4 is 21.8 Å². The van der Waals surface area contributed by atoms with Gasteiger partial charge < -0.3 is 9.64 Å². The van der Waals surface area contributed by atoms with Crippen molar-refractivity contribution in [3.05, 3.63) is 28.2 Å². The average molecular weight is 312 g/mol. The quantitative estimate of drug-likeness (QED) is 0.855. The first-order valence-electron chi connectivity index (χ1n) is 6.44. The fourth-order valence-electron chi connectivity index (χ4n) is 2.22. The highest BCUT2D eigenvalue weighted by Gasteiger charge is 2.21. The van der Waals surface area contributed by atoms with Gasteiger partial charge in [0.2, 0.25) is 0 Å². The number of nitrogens with zero attached hydrogens (tertiary/aromatic N) is 1. The zero-order valence-corrected chi connectivity index (χ0v) is 12.2. The molecule has 0 atom stereocenters. The molecule has 0 aromatic heterocycles. The lowest BCUT2D eigenvalue weighted by molar-refractivity contribution is 0.0720. The molecule has 1 aliphatic heterocycles. The summed E-state index contributed by atoms with van der Waals surface area (Å²) in [6, 6.07) is 5.60. The highest BCUT2D eigenvalue weighted by atomic mass is 79.9. The van der Waals surface area contributed by atoms with E-state index in [0.29, 0.717) is 17.9 Å². The van der Waals surface area contributed by atoms with Crippen LogP contribution in [0.2, 0.25) is 0 Å². The van der Waals surface area contributed by atoms with E-state index in [1.54, 1.807) is 0 Å². The van der Waals surface area contributed by atoms with Crippen LogP contribution >= 0.6 is 15.9 Å². The third kappa shape index (κ3) is 3.05. The smallest absolute Gasteiger partial charge is 0.257 e. The van der Waals surface area contributed by atoms with Gasteiger partial charge in [0.1, 0.15) is 5.75 Å². The van der Waals surface area contributed by atoms with Gasteiger partial charge in [0.15, 0.2) is 0 Å². The molecule has 1 fully saturated rings. The van der Waals surface area contributed by atoms with E-state index >= 15 is 0 Å². The Labute approximate surface area is 116 Å². The van der Waals surface area contributed by atoms with Crippen LogP contribution in [0.4, 0.5) is 0 Å². The van der Waals surface area contributed by atoms with E-state index in [1.165, 1.54) is 6.42 Å². The summed E-state index contributed by atoms with van der Waals surface area (Å²) in [6.45, 7) is 4.22. The molecule has 4 heteroatoms. The van der Waals surface area contributed by atoms with Crippen molar-refractivity contribution < 1.29 is 9.53 Å². The Kier molecular flexibility index (Phi) is 4.64. The van der Waals surface area contributed by atoms with Crippen molar-refractivity contribution in [3.8, 4) is 5.75 Å². The van der Waals surface area contributed by atoms with Crippen LogP contribution < -0.4 is 4.74 Å². The van der Waals surface area contributed by atoms with Gasteiger partial charge in [-0.2, -0.15) is 0 Å². The molecule has 0 radical (unpaired) electrons. The van der Waals surface area contributed by atoms with Crippen LogP contribution in [-0.2, 0) is 0 Å². The Morgan fingerprint density at radius 3 is 2.72 bits per heavy atom. The maximum Gasteiger partial charge on any atom is 0.257 e. The number of halogens is 1. The minimum Gasteiger partial charge on any atom is -0.493 e. The Morgan fingerprint density at radius 2 is 2.06 bits per heavy atom. The van der Waals surface area contributed by atoms with E-state index in [2.05, 4.69) is 15.9 Å². The summed E-state index contributed by atoms with van der Waals surface area (Å²) in [7, 11) is 0. The van der Waals surface area contributed by atoms with Gasteiger partial charge in [-0.15, -0.1) is 0 Å². The van der Waals surface area contributed by atoms with Crippen LogP contribution in [0.15, 0.2) is 22.7 Å². The predicted octanol–water partition coefficient (Wildman–Crippen LogP) is 3.47. The number of hydrogen-bond acceptors (Lipinski definition) is 2. The van der Waals surface area contributed by atoms with E-state index in [1.807, 2.05) is 30.0 Å². The fraction of sp³-hybridized carbons (Fsp3) is 0.500. The molecule has 0 bridgehead atoms. The average Bonchev–Trinajstić information content (AvgIpc) is 2.41. The third-order valence-corrected chi connectivity index (χ3v) is 3.61. The molecule has 1 heterocycles. The zero-order valence-electron chi connectivity index (χ0n) is 10.6. The topological polar surface area (TPSA) is 29.5 Å². The molecular weight excluding hydrogens is 294 g/mol. The van der Waals surface area contributed by atoms with E-state index in [0.717, 1.165) is 30.4 Å². The molecule has 1 aromatic rings. The number of amides is 1. The van der Waals surface area contributed by atoms with Gasteiger partial charge in [-0.1, -0.05) is 15.9 Å². The Bertz CT molecular complexity index is 428. The maximum atomic E-state index is 12.5. The zero-order chi connectivity index (χ0) is 13.0. The lowest BCUT2D eigenvalue weighted by Crippen LogP contribution is -2.35. The molecular formula is C14H18BrNO2. The van der Waals surface area contributed by atoms with Crippen molar-refractivity contribution in [3.63, 3.8) is 0 Å². The summed E-state index contributed by atoms with van der Waals surface area (Å²) in [5.74, 6) is 0.760. The second-order valence-electron chi connectivity index (χ2n) is 4.43. The van der Waals surface area contributed by atoms with Crippen LogP contribution in [0.5, 0.6) is 5.75 Å². The molecule has 3 nitrogen and oxygen atoms in total. The first-order valence-corrected chi connectivity index (χ1v) is 7.23. The van der Waals surface area contributed by atoms with Crippen LogP contribution in [0.1, 0.15) is 36.5 Å². The summed E-state index contributed by atoms with van der Waals surface area (Å²) in [6.07, 6.45) is 3.42. The molecule has 1 aliphatic rings. The summed E-state index contributed by atoms with van der Waals surface area (Å²) in [5.41, 5.74) is 0.660. The summed E-state index contributed by atoms with van der Waals surface area (Å²) in [4.78, 5) is 14.4. The van der Waals surface area contributed by atoms with Gasteiger partial charge in [-0.3, -0.25) is 4.79 Å². The first kappa shape index (κ1) is 13.4. The molecule has 0 aliphatic carbocycles. The number of rotatable bonds is 3. The van der Waals surface area contributed by atoms with Gasteiger partial charge in [0, 0.05) is 17.6 Å². The van der Waals surface area contributed by atoms with Crippen LogP contribution in [-0.4, -0.2) is 30.5 Å². The number of hydrogen-bond donors (Lipinski definition) is 0. The van der Waals surface area contributed by atoms with Crippen molar-refractivity contribution in [2.45, 2.75) is 26.2 Å². The molecule has 0 saturated carbocycles. The molecule has 1 saturated heterocycles. The van der Waals surface area contributed by atoms with Gasteiger partial charge in [0.05, 0.1) is 12.2 Å². The second kappa shape index (κ2) is 6.23. The number of carbonyl (C=O) groups is 1. The van der Waals surface area contributed by atoms with E-state index < -0.39 is 0 Å². The number of benzene rings is 1. The molecule has 0 unspecified atom stereocenters. The standard InChI is InChI=1S/C14H18BrNO2/c1-2-18-13-7-6-11(15)10-12(13)14(17)16-8-4-3-5-9-16/h6-7,10H,2-5,8-9H2,1H3. The molecule has 1 aromatic carbocycles. The lowest BCUT2D eigenvalue weighted by atomic mass is 10.1. The van der Waals surface area contributed by atoms with Crippen molar-refractivity contribution in [1.29, 1.82) is 0 Å². The maximum absolute atomic E-state index is 12.5. The normalized spacial score (nSPS) is 15.6. The summed E-state index contributed by atoms with van der Waals surface area (Å²) >= 11 is 3.41. The highest BCUT2D eigenvalue weighted by Crippen LogP contribution is 2.25. The van der Waals surface area contributed by atoms with Crippen LogP contribution in [0.3, 0.4) is 0 Å². The molecule has 0 N–H and O–H groups in total. The number of ether oxygens (including phenoxy) is 1. The Hall–Kier alpha value is -1.03. The Balaban J connectivity index is 2.24. The monoisotopic (exact) mass is 311 g/mol. The molecule has 1 amide bonds. The summed E-state index contributed by atoms with van der Waals surface area (Å²) < 4.78 is 6.44. The molecule has 2 rings (SSSR count). The van der Waals surface area contributed by atoms with Gasteiger partial charge in [0.25, 0.3) is 5.91 Å². The minimum atomic E-state index is 0.0828. The molecule has 0 spiro atoms. The van der Waals surface area contributed by atoms with E-state index in [9.17, 15) is 4.79 Å². The minimum absolute atomic E-state index is 0.0828. The van der Waals surface area contributed by atoms with Crippen molar-refractivity contribution in [2.75, 3.05) is 19.7 Å². The number of piperidine rings is 1. The first-order chi connectivity index (χ1) is 8.72. The highest BCUT2D eigenvalue weighted by molar-refractivity contribution is 9.10. The summed E-state index contributed by atoms with van der Waals surface area (Å²) in [5, 5.41) is 0. The predicted molar refractivity (Wildman–Crippen MR) is 75.1 cm³/mol. The van der Waals surface area contributed by atoms with Gasteiger partial charge in [-0.05, 0) is 44.4 Å². The SMILES string of the molecule is CCOc1ccc(Br)cc1C(=O)N1CCCCC1. The van der Waals surface area contributed by atoms with E-state index in [-0.39, 0.29) is 5.91 Å². The Morgan fingerprint density at radius 1 is 1.33 bits per heavy atom.